The van der Waals surface area contributed by atoms with Crippen molar-refractivity contribution in [1.29, 1.82) is 0 Å². The number of aromatic carboxylic acids is 1. The lowest BCUT2D eigenvalue weighted by Crippen LogP contribution is -2.11. The van der Waals surface area contributed by atoms with Gasteiger partial charge < -0.3 is 15.4 Å². The van der Waals surface area contributed by atoms with Crippen molar-refractivity contribution in [2.24, 2.45) is 0 Å². The number of nitrogens with one attached hydrogen (secondary N) is 2. The summed E-state index contributed by atoms with van der Waals surface area (Å²) in [5, 5.41) is 14.0. The van der Waals surface area contributed by atoms with Crippen molar-refractivity contribution in [2.75, 3.05) is 5.32 Å². The fourth-order valence-corrected chi connectivity index (χ4v) is 2.16. The minimum Gasteiger partial charge on any atom is -0.476 e. The van der Waals surface area contributed by atoms with Gasteiger partial charge in [0.25, 0.3) is 0 Å². The Balaban J connectivity index is 2.10. The summed E-state index contributed by atoms with van der Waals surface area (Å²) in [6.07, 6.45) is 4.27. The summed E-state index contributed by atoms with van der Waals surface area (Å²) in [5.74, 6) is -0.195. The Morgan fingerprint density at radius 3 is 3.06 bits per heavy atom. The lowest BCUT2D eigenvalue weighted by atomic mass is 10.2. The Hall–Kier alpha value is -1.89. The predicted octanol–water partition coefficient (Wildman–Crippen LogP) is 2.13. The van der Waals surface area contributed by atoms with Crippen molar-refractivity contribution in [3.63, 3.8) is 0 Å². The van der Waals surface area contributed by atoms with Crippen molar-refractivity contribution >= 4 is 22.4 Å². The van der Waals surface area contributed by atoms with Crippen molar-refractivity contribution in [3.8, 4) is 0 Å². The maximum atomic E-state index is 10.7. The van der Waals surface area contributed by atoms with Crippen LogP contribution in [0, 0.1) is 0 Å². The van der Waals surface area contributed by atoms with Crippen molar-refractivity contribution in [1.82, 2.24) is 15.0 Å². The molecule has 0 aliphatic rings. The Labute approximate surface area is 102 Å². The molecule has 0 spiro atoms. The van der Waals surface area contributed by atoms with Crippen LogP contribution in [0.3, 0.4) is 0 Å². The van der Waals surface area contributed by atoms with Gasteiger partial charge in [0, 0.05) is 17.8 Å². The molecule has 0 amide bonds. The van der Waals surface area contributed by atoms with Crippen molar-refractivity contribution in [2.45, 2.75) is 19.4 Å². The summed E-state index contributed by atoms with van der Waals surface area (Å²) >= 11 is 1.27. The Kier molecular flexibility index (Phi) is 3.38. The molecule has 2 rings (SSSR count). The summed E-state index contributed by atoms with van der Waals surface area (Å²) in [4.78, 5) is 21.9. The molecule has 0 aromatic carbocycles. The van der Waals surface area contributed by atoms with E-state index in [1.807, 2.05) is 6.92 Å². The quantitative estimate of drug-likeness (QED) is 0.758. The monoisotopic (exact) mass is 252 g/mol. The maximum absolute atomic E-state index is 10.7. The molecule has 17 heavy (non-hydrogen) atoms. The van der Waals surface area contributed by atoms with E-state index in [0.29, 0.717) is 5.13 Å². The van der Waals surface area contributed by atoms with Gasteiger partial charge in [0.1, 0.15) is 5.82 Å². The van der Waals surface area contributed by atoms with E-state index in [1.165, 1.54) is 16.7 Å². The summed E-state index contributed by atoms with van der Waals surface area (Å²) in [7, 11) is 0. The molecule has 0 aliphatic heterocycles. The topological polar surface area (TPSA) is 90.9 Å². The van der Waals surface area contributed by atoms with E-state index in [4.69, 9.17) is 5.11 Å². The summed E-state index contributed by atoms with van der Waals surface area (Å²) in [5.41, 5.74) is 0.0618. The number of rotatable bonds is 5. The van der Waals surface area contributed by atoms with E-state index in [2.05, 4.69) is 20.3 Å². The molecule has 0 radical (unpaired) electrons. The molecular formula is C10H12N4O2S. The van der Waals surface area contributed by atoms with Gasteiger partial charge in [0.2, 0.25) is 0 Å². The molecule has 0 aliphatic carbocycles. The fourth-order valence-electron chi connectivity index (χ4n) is 1.42. The summed E-state index contributed by atoms with van der Waals surface area (Å²) in [6, 6.07) is 0.0118. The van der Waals surface area contributed by atoms with Crippen LogP contribution >= 0.6 is 11.3 Å². The molecule has 3 N–H and O–H groups in total. The van der Waals surface area contributed by atoms with Gasteiger partial charge in [-0.2, -0.15) is 0 Å². The van der Waals surface area contributed by atoms with E-state index in [-0.39, 0.29) is 11.7 Å². The fraction of sp³-hybridized carbons (Fsp3) is 0.300. The average molecular weight is 252 g/mol. The molecule has 7 heteroatoms. The van der Waals surface area contributed by atoms with E-state index < -0.39 is 5.97 Å². The molecule has 1 atom stereocenters. The highest BCUT2D eigenvalue weighted by Gasteiger charge is 2.14. The molecule has 6 nitrogen and oxygen atoms in total. The molecule has 0 fully saturated rings. The molecule has 0 saturated carbocycles. The van der Waals surface area contributed by atoms with Crippen LogP contribution in [0.1, 0.15) is 35.7 Å². The van der Waals surface area contributed by atoms with Gasteiger partial charge >= 0.3 is 5.97 Å². The number of aromatic amines is 1. The highest BCUT2D eigenvalue weighted by molar-refractivity contribution is 7.13. The second kappa shape index (κ2) is 4.96. The minimum atomic E-state index is -1.01. The van der Waals surface area contributed by atoms with Crippen LogP contribution in [-0.4, -0.2) is 26.0 Å². The molecule has 0 saturated heterocycles. The first-order valence-corrected chi connectivity index (χ1v) is 6.03. The van der Waals surface area contributed by atoms with Crippen LogP contribution in [0.25, 0.3) is 0 Å². The lowest BCUT2D eigenvalue weighted by molar-refractivity contribution is 0.0691. The molecule has 1 unspecified atom stereocenters. The van der Waals surface area contributed by atoms with Crippen LogP contribution < -0.4 is 5.32 Å². The number of thiazole rings is 1. The molecule has 0 bridgehead atoms. The van der Waals surface area contributed by atoms with Gasteiger partial charge in [-0.15, -0.1) is 11.3 Å². The van der Waals surface area contributed by atoms with Crippen LogP contribution in [0.15, 0.2) is 17.8 Å². The Bertz CT molecular complexity index is 494. The molecular weight excluding hydrogens is 240 g/mol. The number of anilines is 1. The Morgan fingerprint density at radius 1 is 1.71 bits per heavy atom. The first-order valence-electron chi connectivity index (χ1n) is 5.15. The number of carboxylic acids is 1. The zero-order chi connectivity index (χ0) is 12.3. The van der Waals surface area contributed by atoms with E-state index in [9.17, 15) is 4.79 Å². The zero-order valence-electron chi connectivity index (χ0n) is 9.17. The van der Waals surface area contributed by atoms with Gasteiger partial charge in [-0.25, -0.2) is 14.8 Å². The van der Waals surface area contributed by atoms with Gasteiger partial charge in [0.05, 0.1) is 6.04 Å². The highest BCUT2D eigenvalue weighted by Crippen LogP contribution is 2.22. The number of carboxylic acid groups (broad SMARTS) is 1. The number of H-pyrrole nitrogens is 1. The third-order valence-electron chi connectivity index (χ3n) is 2.28. The van der Waals surface area contributed by atoms with Gasteiger partial charge in [-0.3, -0.25) is 0 Å². The third-order valence-corrected chi connectivity index (χ3v) is 3.05. The number of hydrogen-bond acceptors (Lipinski definition) is 5. The third kappa shape index (κ3) is 2.62. The van der Waals surface area contributed by atoms with Crippen LogP contribution in [0.2, 0.25) is 0 Å². The van der Waals surface area contributed by atoms with Crippen LogP contribution in [0.4, 0.5) is 5.13 Å². The van der Waals surface area contributed by atoms with Crippen molar-refractivity contribution < 1.29 is 9.90 Å². The first-order chi connectivity index (χ1) is 8.20. The molecule has 2 aromatic rings. The van der Waals surface area contributed by atoms with Gasteiger partial charge in [0.15, 0.2) is 10.8 Å². The number of hydrogen-bond donors (Lipinski definition) is 3. The predicted molar refractivity (Wildman–Crippen MR) is 64.3 cm³/mol. The average Bonchev–Trinajstić information content (AvgIpc) is 2.96. The van der Waals surface area contributed by atoms with Crippen LogP contribution in [-0.2, 0) is 0 Å². The number of carbonyl (C=O) groups is 1. The van der Waals surface area contributed by atoms with Crippen molar-refractivity contribution in [3.05, 3.63) is 29.3 Å². The van der Waals surface area contributed by atoms with E-state index in [0.717, 1.165) is 12.2 Å². The standard InChI is InChI=1S/C10H12N4O2S/c1-2-6(8-11-3-4-12-8)13-10-14-7(5-17-10)9(15)16/h3-6H,2H2,1H3,(H,11,12)(H,13,14)(H,15,16). The number of imidazole rings is 1. The second-order valence-corrected chi connectivity index (χ2v) is 4.28. The maximum Gasteiger partial charge on any atom is 0.355 e. The van der Waals surface area contributed by atoms with E-state index >= 15 is 0 Å². The largest absolute Gasteiger partial charge is 0.476 e. The Morgan fingerprint density at radius 2 is 2.53 bits per heavy atom. The number of aromatic nitrogens is 3. The van der Waals surface area contributed by atoms with Crippen LogP contribution in [0.5, 0.6) is 0 Å². The summed E-state index contributed by atoms with van der Waals surface area (Å²) < 4.78 is 0. The normalized spacial score (nSPS) is 12.3. The molecule has 2 heterocycles. The molecule has 2 aromatic heterocycles. The van der Waals surface area contributed by atoms with Gasteiger partial charge in [-0.1, -0.05) is 6.92 Å². The SMILES string of the molecule is CCC(Nc1nc(C(=O)O)cs1)c1ncc[nH]1. The highest BCUT2D eigenvalue weighted by atomic mass is 32.1. The summed E-state index contributed by atoms with van der Waals surface area (Å²) in [6.45, 7) is 2.02. The molecule has 90 valence electrons. The minimum absolute atomic E-state index is 0.0118. The second-order valence-electron chi connectivity index (χ2n) is 3.42. The van der Waals surface area contributed by atoms with E-state index in [1.54, 1.807) is 12.4 Å². The first kappa shape index (κ1) is 11.6. The number of nitrogens with zero attached hydrogens (tertiary/aromatic N) is 2. The van der Waals surface area contributed by atoms with Gasteiger partial charge in [-0.05, 0) is 6.42 Å². The lowest BCUT2D eigenvalue weighted by Gasteiger charge is -2.13. The zero-order valence-corrected chi connectivity index (χ0v) is 9.99. The smallest absolute Gasteiger partial charge is 0.355 e.